The third kappa shape index (κ3) is 3.02. The van der Waals surface area contributed by atoms with Gasteiger partial charge in [0.2, 0.25) is 0 Å². The number of sulfone groups is 1. The molecule has 1 heterocycles. The minimum absolute atomic E-state index is 0.0390. The van der Waals surface area contributed by atoms with Crippen molar-refractivity contribution in [2.24, 2.45) is 0 Å². The maximum atomic E-state index is 13.1. The van der Waals surface area contributed by atoms with Crippen molar-refractivity contribution in [3.8, 4) is 0 Å². The van der Waals surface area contributed by atoms with Gasteiger partial charge in [-0.15, -0.1) is 0 Å². The van der Waals surface area contributed by atoms with Gasteiger partial charge in [0.25, 0.3) is 0 Å². The summed E-state index contributed by atoms with van der Waals surface area (Å²) < 4.78 is 37.5. The van der Waals surface area contributed by atoms with Crippen LogP contribution in [0.25, 0.3) is 0 Å². The number of pyridine rings is 1. The lowest BCUT2D eigenvalue weighted by atomic mass is 10.2. The molecule has 0 spiro atoms. The number of rotatable bonds is 3. The lowest BCUT2D eigenvalue weighted by molar-refractivity contribution is 0.595. The van der Waals surface area contributed by atoms with Crippen molar-refractivity contribution in [3.63, 3.8) is 0 Å². The smallest absolute Gasteiger partial charge is 0.184 e. The minimum Gasteiger partial charge on any atom is -0.396 e. The molecule has 0 saturated heterocycles. The zero-order valence-electron chi connectivity index (χ0n) is 9.68. The number of nitrogens with zero attached hydrogens (tertiary/aromatic N) is 1. The van der Waals surface area contributed by atoms with Crippen molar-refractivity contribution in [1.82, 2.24) is 4.98 Å². The first-order valence-electron chi connectivity index (χ1n) is 5.26. The number of benzene rings is 1. The van der Waals surface area contributed by atoms with Crippen molar-refractivity contribution < 1.29 is 12.8 Å². The van der Waals surface area contributed by atoms with E-state index in [0.717, 1.165) is 6.07 Å². The predicted molar refractivity (Wildman–Crippen MR) is 70.9 cm³/mol. The van der Waals surface area contributed by atoms with Gasteiger partial charge in [0.05, 0.1) is 22.5 Å². The Morgan fingerprint density at radius 2 is 2.05 bits per heavy atom. The van der Waals surface area contributed by atoms with E-state index in [1.165, 1.54) is 30.6 Å². The van der Waals surface area contributed by atoms with Gasteiger partial charge in [0.15, 0.2) is 9.84 Å². The van der Waals surface area contributed by atoms with Crippen molar-refractivity contribution in [3.05, 3.63) is 53.1 Å². The molecule has 0 atom stereocenters. The molecule has 0 amide bonds. The molecule has 0 saturated carbocycles. The van der Waals surface area contributed by atoms with Crippen molar-refractivity contribution in [2.75, 3.05) is 5.73 Å². The van der Waals surface area contributed by atoms with Gasteiger partial charge >= 0.3 is 0 Å². The summed E-state index contributed by atoms with van der Waals surface area (Å²) in [6, 6.07) is 4.88. The Balaban J connectivity index is 2.43. The van der Waals surface area contributed by atoms with E-state index in [1.807, 2.05) is 0 Å². The molecule has 0 aliphatic heterocycles. The van der Waals surface area contributed by atoms with E-state index in [-0.39, 0.29) is 21.2 Å². The van der Waals surface area contributed by atoms with Gasteiger partial charge in [-0.05, 0) is 29.8 Å². The van der Waals surface area contributed by atoms with Gasteiger partial charge < -0.3 is 5.73 Å². The van der Waals surface area contributed by atoms with E-state index in [4.69, 9.17) is 17.3 Å². The monoisotopic (exact) mass is 300 g/mol. The Kier molecular flexibility index (Phi) is 3.73. The quantitative estimate of drug-likeness (QED) is 0.945. The summed E-state index contributed by atoms with van der Waals surface area (Å²) in [5, 5.41) is 0.192. The topological polar surface area (TPSA) is 73.0 Å². The summed E-state index contributed by atoms with van der Waals surface area (Å²) in [5.74, 6) is -0.963. The van der Waals surface area contributed by atoms with Crippen LogP contribution >= 0.6 is 11.6 Å². The van der Waals surface area contributed by atoms with Gasteiger partial charge in [-0.2, -0.15) is 0 Å². The van der Waals surface area contributed by atoms with Crippen LogP contribution in [0, 0.1) is 5.82 Å². The summed E-state index contributed by atoms with van der Waals surface area (Å²) in [6.45, 7) is 0. The lowest BCUT2D eigenvalue weighted by Crippen LogP contribution is -2.08. The highest BCUT2D eigenvalue weighted by Crippen LogP contribution is 2.25. The maximum absolute atomic E-state index is 13.1. The SMILES string of the molecule is Nc1cnccc1S(=O)(=O)Cc1cc(F)ccc1Cl. The normalized spacial score (nSPS) is 11.5. The molecule has 0 fully saturated rings. The van der Waals surface area contributed by atoms with E-state index in [1.54, 1.807) is 0 Å². The molecule has 7 heteroatoms. The molecule has 100 valence electrons. The first-order chi connectivity index (χ1) is 8.90. The third-order valence-electron chi connectivity index (χ3n) is 2.50. The molecular weight excluding hydrogens is 291 g/mol. The summed E-state index contributed by atoms with van der Waals surface area (Å²) in [4.78, 5) is 3.68. The van der Waals surface area contributed by atoms with Crippen LogP contribution in [0.2, 0.25) is 5.02 Å². The fraction of sp³-hybridized carbons (Fsp3) is 0.0833. The van der Waals surface area contributed by atoms with Gasteiger partial charge in [-0.1, -0.05) is 11.6 Å². The van der Waals surface area contributed by atoms with Gasteiger partial charge in [-0.3, -0.25) is 4.98 Å². The summed E-state index contributed by atoms with van der Waals surface area (Å²) in [5.41, 5.74) is 5.82. The molecule has 2 N–H and O–H groups in total. The van der Waals surface area contributed by atoms with Crippen LogP contribution in [0.1, 0.15) is 5.56 Å². The fourth-order valence-corrected chi connectivity index (χ4v) is 3.36. The number of hydrogen-bond acceptors (Lipinski definition) is 4. The highest BCUT2D eigenvalue weighted by molar-refractivity contribution is 7.90. The van der Waals surface area contributed by atoms with Gasteiger partial charge in [-0.25, -0.2) is 12.8 Å². The fourth-order valence-electron chi connectivity index (χ4n) is 1.61. The van der Waals surface area contributed by atoms with Crippen LogP contribution in [-0.2, 0) is 15.6 Å². The van der Waals surface area contributed by atoms with Crippen LogP contribution in [0.15, 0.2) is 41.6 Å². The second-order valence-corrected chi connectivity index (χ2v) is 6.27. The number of nitrogens with two attached hydrogens (primary N) is 1. The molecule has 0 unspecified atom stereocenters. The average molecular weight is 301 g/mol. The standard InChI is InChI=1S/C12H10ClFN2O2S/c13-10-2-1-9(14)5-8(10)7-19(17,18)12-3-4-16-6-11(12)15/h1-6H,7,15H2. The van der Waals surface area contributed by atoms with Gasteiger partial charge in [0.1, 0.15) is 5.82 Å². The zero-order valence-corrected chi connectivity index (χ0v) is 11.2. The minimum atomic E-state index is -3.70. The largest absolute Gasteiger partial charge is 0.396 e. The van der Waals surface area contributed by atoms with E-state index in [0.29, 0.717) is 0 Å². The number of hydrogen-bond donors (Lipinski definition) is 1. The molecule has 2 aromatic rings. The summed E-state index contributed by atoms with van der Waals surface area (Å²) >= 11 is 5.85. The molecule has 19 heavy (non-hydrogen) atoms. The first kappa shape index (κ1) is 13.8. The Morgan fingerprint density at radius 1 is 1.32 bits per heavy atom. The molecule has 0 aliphatic rings. The van der Waals surface area contributed by atoms with Crippen molar-refractivity contribution >= 4 is 27.1 Å². The number of aromatic nitrogens is 1. The molecule has 1 aromatic heterocycles. The van der Waals surface area contributed by atoms with Crippen molar-refractivity contribution in [2.45, 2.75) is 10.6 Å². The Labute approximate surface area is 115 Å². The van der Waals surface area contributed by atoms with E-state index in [2.05, 4.69) is 4.98 Å². The van der Waals surface area contributed by atoms with E-state index >= 15 is 0 Å². The number of halogens is 2. The van der Waals surface area contributed by atoms with Crippen LogP contribution in [-0.4, -0.2) is 13.4 Å². The van der Waals surface area contributed by atoms with Crippen LogP contribution in [0.3, 0.4) is 0 Å². The second kappa shape index (κ2) is 5.14. The summed E-state index contributed by atoms with van der Waals surface area (Å²) in [6.07, 6.45) is 2.58. The predicted octanol–water partition coefficient (Wildman–Crippen LogP) is 2.43. The van der Waals surface area contributed by atoms with E-state index in [9.17, 15) is 12.8 Å². The molecular formula is C12H10ClFN2O2S. The first-order valence-corrected chi connectivity index (χ1v) is 7.29. The molecule has 1 aromatic carbocycles. The van der Waals surface area contributed by atoms with Crippen molar-refractivity contribution in [1.29, 1.82) is 0 Å². The Morgan fingerprint density at radius 3 is 2.74 bits per heavy atom. The number of anilines is 1. The number of nitrogen functional groups attached to an aromatic ring is 1. The van der Waals surface area contributed by atoms with E-state index < -0.39 is 21.4 Å². The highest BCUT2D eigenvalue weighted by Gasteiger charge is 2.20. The average Bonchev–Trinajstić information content (AvgIpc) is 2.34. The van der Waals surface area contributed by atoms with Crippen LogP contribution < -0.4 is 5.73 Å². The lowest BCUT2D eigenvalue weighted by Gasteiger charge is -2.08. The van der Waals surface area contributed by atoms with Gasteiger partial charge in [0, 0.05) is 11.2 Å². The molecule has 2 rings (SSSR count). The highest BCUT2D eigenvalue weighted by atomic mass is 35.5. The Bertz CT molecular complexity index is 719. The second-order valence-electron chi connectivity index (χ2n) is 3.91. The molecule has 0 aliphatic carbocycles. The summed E-state index contributed by atoms with van der Waals surface area (Å²) in [7, 11) is -3.70. The molecule has 0 bridgehead atoms. The zero-order chi connectivity index (χ0) is 14.0. The van der Waals surface area contributed by atoms with Crippen LogP contribution in [0.4, 0.5) is 10.1 Å². The van der Waals surface area contributed by atoms with Crippen LogP contribution in [0.5, 0.6) is 0 Å². The molecule has 0 radical (unpaired) electrons. The Hall–Kier alpha value is -1.66. The molecule has 4 nitrogen and oxygen atoms in total. The third-order valence-corrected chi connectivity index (χ3v) is 4.60. The maximum Gasteiger partial charge on any atom is 0.184 e.